The molecule has 1 aromatic carbocycles. The van der Waals surface area contributed by atoms with Crippen molar-refractivity contribution in [2.45, 2.75) is 26.2 Å². The summed E-state index contributed by atoms with van der Waals surface area (Å²) in [5, 5.41) is 4.82. The molecule has 1 aliphatic heterocycles. The lowest BCUT2D eigenvalue weighted by atomic mass is 10.1. The van der Waals surface area contributed by atoms with Crippen LogP contribution in [-0.4, -0.2) is 42.0 Å². The van der Waals surface area contributed by atoms with Crippen LogP contribution in [0.3, 0.4) is 0 Å². The Hall–Kier alpha value is -2.40. The zero-order chi connectivity index (χ0) is 17.2. The van der Waals surface area contributed by atoms with Crippen molar-refractivity contribution in [1.82, 2.24) is 15.2 Å². The van der Waals surface area contributed by atoms with E-state index in [1.54, 1.807) is 6.07 Å². The number of fused-ring (bicyclic) bond motifs is 3. The van der Waals surface area contributed by atoms with Crippen LogP contribution in [0, 0.1) is 6.92 Å². The van der Waals surface area contributed by atoms with Crippen LogP contribution >= 0.6 is 0 Å². The average molecular weight is 337 g/mol. The maximum absolute atomic E-state index is 12.4. The lowest BCUT2D eigenvalue weighted by Gasteiger charge is -2.13. The molecule has 0 unspecified atom stereocenters. The first-order valence-corrected chi connectivity index (χ1v) is 9.02. The van der Waals surface area contributed by atoms with Gasteiger partial charge < -0.3 is 14.6 Å². The first-order chi connectivity index (χ1) is 12.2. The van der Waals surface area contributed by atoms with Crippen LogP contribution in [0.2, 0.25) is 0 Å². The predicted octanol–water partition coefficient (Wildman–Crippen LogP) is 3.51. The Morgan fingerprint density at radius 3 is 2.88 bits per heavy atom. The van der Waals surface area contributed by atoms with Gasteiger partial charge in [-0.2, -0.15) is 0 Å². The van der Waals surface area contributed by atoms with Gasteiger partial charge in [0.15, 0.2) is 5.76 Å². The number of carbonyl (C=O) groups is 1. The van der Waals surface area contributed by atoms with Crippen LogP contribution in [0.5, 0.6) is 0 Å². The first kappa shape index (κ1) is 16.1. The summed E-state index contributed by atoms with van der Waals surface area (Å²) in [6.07, 6.45) is 3.56. The molecule has 4 rings (SSSR count). The van der Waals surface area contributed by atoms with E-state index in [4.69, 9.17) is 4.42 Å². The molecule has 0 saturated carbocycles. The molecule has 5 nitrogen and oxygen atoms in total. The molecular weight excluding hydrogens is 314 g/mol. The molecule has 0 spiro atoms. The van der Waals surface area contributed by atoms with E-state index in [0.717, 1.165) is 40.5 Å². The zero-order valence-electron chi connectivity index (χ0n) is 14.5. The van der Waals surface area contributed by atoms with Crippen molar-refractivity contribution in [1.29, 1.82) is 0 Å². The third-order valence-corrected chi connectivity index (χ3v) is 4.92. The van der Waals surface area contributed by atoms with Crippen molar-refractivity contribution in [3.05, 3.63) is 41.8 Å². The molecule has 25 heavy (non-hydrogen) atoms. The van der Waals surface area contributed by atoms with Gasteiger partial charge in [-0.3, -0.25) is 9.78 Å². The fourth-order valence-electron chi connectivity index (χ4n) is 3.57. The summed E-state index contributed by atoms with van der Waals surface area (Å²) in [7, 11) is 0. The van der Waals surface area contributed by atoms with Gasteiger partial charge in [0.25, 0.3) is 5.91 Å². The van der Waals surface area contributed by atoms with Gasteiger partial charge in [-0.25, -0.2) is 0 Å². The standard InChI is InChI=1S/C20H23N3O2/c1-14-16-13-18(20(24)21-9-6-12-23-10-4-5-11-23)25-19(16)15-7-2-3-8-17(15)22-14/h2-3,7-8,13H,4-6,9-12H2,1H3,(H,21,24). The molecule has 5 heteroatoms. The van der Waals surface area contributed by atoms with Crippen molar-refractivity contribution in [2.24, 2.45) is 0 Å². The summed E-state index contributed by atoms with van der Waals surface area (Å²) in [5.74, 6) is 0.207. The quantitative estimate of drug-likeness (QED) is 0.724. The van der Waals surface area contributed by atoms with E-state index in [0.29, 0.717) is 12.3 Å². The van der Waals surface area contributed by atoms with Gasteiger partial charge in [-0.15, -0.1) is 0 Å². The Labute approximate surface area is 147 Å². The number of carbonyl (C=O) groups excluding carboxylic acids is 1. The lowest BCUT2D eigenvalue weighted by Crippen LogP contribution is -2.28. The third-order valence-electron chi connectivity index (χ3n) is 4.92. The largest absolute Gasteiger partial charge is 0.450 e. The van der Waals surface area contributed by atoms with Gasteiger partial charge in [0.2, 0.25) is 0 Å². The second-order valence-electron chi connectivity index (χ2n) is 6.73. The molecule has 1 aliphatic rings. The molecule has 0 bridgehead atoms. The second-order valence-corrected chi connectivity index (χ2v) is 6.73. The summed E-state index contributed by atoms with van der Waals surface area (Å²) >= 11 is 0. The van der Waals surface area contributed by atoms with Gasteiger partial charge >= 0.3 is 0 Å². The molecule has 3 heterocycles. The summed E-state index contributed by atoms with van der Waals surface area (Å²) in [6, 6.07) is 9.66. The van der Waals surface area contributed by atoms with E-state index < -0.39 is 0 Å². The summed E-state index contributed by atoms with van der Waals surface area (Å²) < 4.78 is 5.89. The number of pyridine rings is 1. The number of hydrogen-bond donors (Lipinski definition) is 1. The molecule has 2 aromatic heterocycles. The third kappa shape index (κ3) is 3.24. The number of para-hydroxylation sites is 1. The molecule has 1 saturated heterocycles. The number of aromatic nitrogens is 1. The molecule has 1 N–H and O–H groups in total. The summed E-state index contributed by atoms with van der Waals surface area (Å²) in [5.41, 5.74) is 2.51. The highest BCUT2D eigenvalue weighted by Crippen LogP contribution is 2.29. The molecule has 0 atom stereocenters. The zero-order valence-corrected chi connectivity index (χ0v) is 14.5. The van der Waals surface area contributed by atoms with Crippen LogP contribution in [0.1, 0.15) is 35.5 Å². The maximum Gasteiger partial charge on any atom is 0.287 e. The van der Waals surface area contributed by atoms with Crippen molar-refractivity contribution in [3.8, 4) is 0 Å². The number of rotatable bonds is 5. The van der Waals surface area contributed by atoms with E-state index in [2.05, 4.69) is 15.2 Å². The van der Waals surface area contributed by atoms with E-state index in [1.807, 2.05) is 31.2 Å². The van der Waals surface area contributed by atoms with Crippen molar-refractivity contribution >= 4 is 27.8 Å². The van der Waals surface area contributed by atoms with E-state index in [1.165, 1.54) is 25.9 Å². The number of amides is 1. The fraction of sp³-hybridized carbons (Fsp3) is 0.400. The second kappa shape index (κ2) is 6.84. The maximum atomic E-state index is 12.4. The molecule has 3 aromatic rings. The van der Waals surface area contributed by atoms with Crippen molar-refractivity contribution in [3.63, 3.8) is 0 Å². The minimum atomic E-state index is -0.152. The molecule has 130 valence electrons. The number of aryl methyl sites for hydroxylation is 1. The van der Waals surface area contributed by atoms with Gasteiger partial charge in [0.1, 0.15) is 5.58 Å². The number of hydrogen-bond acceptors (Lipinski definition) is 4. The molecular formula is C20H23N3O2. The minimum absolute atomic E-state index is 0.152. The van der Waals surface area contributed by atoms with Gasteiger partial charge in [-0.05, 0) is 64.0 Å². The number of furan rings is 1. The van der Waals surface area contributed by atoms with Crippen LogP contribution in [-0.2, 0) is 0 Å². The Balaban J connectivity index is 1.48. The fourth-order valence-corrected chi connectivity index (χ4v) is 3.57. The van der Waals surface area contributed by atoms with Crippen LogP contribution in [0.25, 0.3) is 21.9 Å². The molecule has 1 fully saturated rings. The van der Waals surface area contributed by atoms with Gasteiger partial charge in [-0.1, -0.05) is 12.1 Å². The SMILES string of the molecule is Cc1nc2ccccc2c2oc(C(=O)NCCCN3CCCC3)cc12. The van der Waals surface area contributed by atoms with Gasteiger partial charge in [0.05, 0.1) is 5.52 Å². The van der Waals surface area contributed by atoms with E-state index >= 15 is 0 Å². The highest BCUT2D eigenvalue weighted by molar-refractivity contribution is 6.06. The predicted molar refractivity (Wildman–Crippen MR) is 98.9 cm³/mol. The Bertz CT molecular complexity index is 910. The number of likely N-dealkylation sites (tertiary alicyclic amines) is 1. The summed E-state index contributed by atoms with van der Waals surface area (Å²) in [4.78, 5) is 19.5. The average Bonchev–Trinajstić information content (AvgIpc) is 3.29. The smallest absolute Gasteiger partial charge is 0.287 e. The Kier molecular flexibility index (Phi) is 4.40. The monoisotopic (exact) mass is 337 g/mol. The normalized spacial score (nSPS) is 15.2. The van der Waals surface area contributed by atoms with E-state index in [-0.39, 0.29) is 5.91 Å². The molecule has 0 radical (unpaired) electrons. The topological polar surface area (TPSA) is 58.4 Å². The van der Waals surface area contributed by atoms with Crippen LogP contribution < -0.4 is 5.32 Å². The highest BCUT2D eigenvalue weighted by atomic mass is 16.3. The van der Waals surface area contributed by atoms with Crippen LogP contribution in [0.15, 0.2) is 34.7 Å². The van der Waals surface area contributed by atoms with Crippen molar-refractivity contribution in [2.75, 3.05) is 26.2 Å². The highest BCUT2D eigenvalue weighted by Gasteiger charge is 2.16. The Morgan fingerprint density at radius 1 is 1.24 bits per heavy atom. The Morgan fingerprint density at radius 2 is 2.04 bits per heavy atom. The number of benzene rings is 1. The molecule has 1 amide bonds. The number of nitrogens with one attached hydrogen (secondary N) is 1. The van der Waals surface area contributed by atoms with Crippen molar-refractivity contribution < 1.29 is 9.21 Å². The first-order valence-electron chi connectivity index (χ1n) is 9.02. The lowest BCUT2D eigenvalue weighted by molar-refractivity contribution is 0.0926. The molecule has 0 aliphatic carbocycles. The van der Waals surface area contributed by atoms with Gasteiger partial charge in [0, 0.05) is 23.0 Å². The minimum Gasteiger partial charge on any atom is -0.450 e. The summed E-state index contributed by atoms with van der Waals surface area (Å²) in [6.45, 7) is 6.05. The van der Waals surface area contributed by atoms with Crippen LogP contribution in [0.4, 0.5) is 0 Å². The number of nitrogens with zero attached hydrogens (tertiary/aromatic N) is 2. The van der Waals surface area contributed by atoms with E-state index in [9.17, 15) is 4.79 Å².